The number of nitrogens with zero attached hydrogens (tertiary/aromatic N) is 2. The summed E-state index contributed by atoms with van der Waals surface area (Å²) in [5, 5.41) is 14.1. The first-order valence-electron chi connectivity index (χ1n) is 6.82. The number of anilines is 1. The van der Waals surface area contributed by atoms with Crippen molar-refractivity contribution < 1.29 is 9.53 Å². The lowest BCUT2D eigenvalue weighted by Crippen LogP contribution is -2.29. The molecule has 0 saturated carbocycles. The van der Waals surface area contributed by atoms with Crippen LogP contribution in [0.1, 0.15) is 11.1 Å². The quantitative estimate of drug-likeness (QED) is 0.815. The van der Waals surface area contributed by atoms with Crippen LogP contribution in [0.15, 0.2) is 34.1 Å². The molecule has 2 rings (SSSR count). The topological polar surface area (TPSA) is 65.4 Å². The van der Waals surface area contributed by atoms with Crippen LogP contribution in [-0.4, -0.2) is 31.5 Å². The number of hydrogen-bond acceptors (Lipinski definition) is 5. The van der Waals surface area contributed by atoms with Crippen LogP contribution in [0.4, 0.5) is 5.00 Å². The molecule has 5 nitrogen and oxygen atoms in total. The third kappa shape index (κ3) is 4.79. The van der Waals surface area contributed by atoms with E-state index in [1.54, 1.807) is 18.6 Å². The molecule has 0 unspecified atom stereocenters. The predicted molar refractivity (Wildman–Crippen MR) is 94.7 cm³/mol. The molecule has 1 amide bonds. The van der Waals surface area contributed by atoms with Gasteiger partial charge < -0.3 is 10.1 Å². The van der Waals surface area contributed by atoms with Gasteiger partial charge in [0.25, 0.3) is 0 Å². The van der Waals surface area contributed by atoms with Gasteiger partial charge in [-0.15, -0.1) is 11.3 Å². The summed E-state index contributed by atoms with van der Waals surface area (Å²) in [6.07, 6.45) is 0. The highest BCUT2D eigenvalue weighted by Crippen LogP contribution is 2.24. The lowest BCUT2D eigenvalue weighted by molar-refractivity contribution is -0.117. The normalized spacial score (nSPS) is 10.4. The Bertz CT molecular complexity index is 739. The fourth-order valence-electron chi connectivity index (χ4n) is 2.12. The lowest BCUT2D eigenvalue weighted by Gasteiger charge is -2.18. The molecule has 1 aromatic heterocycles. The fraction of sp³-hybridized carbons (Fsp3) is 0.250. The van der Waals surface area contributed by atoms with Crippen LogP contribution >= 0.6 is 27.3 Å². The summed E-state index contributed by atoms with van der Waals surface area (Å²) in [5.41, 5.74) is 1.48. The number of amides is 1. The molecule has 0 bridgehead atoms. The second kappa shape index (κ2) is 8.11. The summed E-state index contributed by atoms with van der Waals surface area (Å²) >= 11 is 4.78. The molecule has 0 saturated heterocycles. The first kappa shape index (κ1) is 17.5. The minimum atomic E-state index is -0.152. The van der Waals surface area contributed by atoms with Crippen molar-refractivity contribution >= 4 is 38.2 Å². The van der Waals surface area contributed by atoms with Gasteiger partial charge in [-0.1, -0.05) is 15.9 Å². The van der Waals surface area contributed by atoms with E-state index in [0.717, 1.165) is 15.8 Å². The molecule has 1 heterocycles. The second-order valence-corrected chi connectivity index (χ2v) is 6.78. The van der Waals surface area contributed by atoms with Gasteiger partial charge in [-0.05, 0) is 36.7 Å². The smallest absolute Gasteiger partial charge is 0.239 e. The van der Waals surface area contributed by atoms with Gasteiger partial charge in [0.05, 0.1) is 19.2 Å². The number of thiophene rings is 1. The number of nitriles is 1. The van der Waals surface area contributed by atoms with E-state index in [4.69, 9.17) is 10.00 Å². The fourth-order valence-corrected chi connectivity index (χ4v) is 3.28. The first-order chi connectivity index (χ1) is 11.0. The molecular formula is C16H16BrN3O2S. The molecule has 1 N–H and O–H groups in total. The summed E-state index contributed by atoms with van der Waals surface area (Å²) in [6, 6.07) is 9.52. The molecule has 1 aromatic carbocycles. The SMILES string of the molecule is COc1ccc(Br)cc1CN(C)CC(=O)Nc1sccc1C#N. The molecule has 0 aliphatic carbocycles. The van der Waals surface area contributed by atoms with Crippen molar-refractivity contribution in [3.8, 4) is 11.8 Å². The highest BCUT2D eigenvalue weighted by Gasteiger charge is 2.13. The maximum Gasteiger partial charge on any atom is 0.239 e. The van der Waals surface area contributed by atoms with Gasteiger partial charge in [-0.25, -0.2) is 0 Å². The van der Waals surface area contributed by atoms with Crippen molar-refractivity contribution in [2.75, 3.05) is 26.0 Å². The number of likely N-dealkylation sites (N-methyl/N-ethyl adjacent to an activating group) is 1. The zero-order valence-corrected chi connectivity index (χ0v) is 15.2. The van der Waals surface area contributed by atoms with E-state index < -0.39 is 0 Å². The van der Waals surface area contributed by atoms with Crippen molar-refractivity contribution in [2.24, 2.45) is 0 Å². The van der Waals surface area contributed by atoms with Gasteiger partial charge in [0.2, 0.25) is 5.91 Å². The largest absolute Gasteiger partial charge is 0.496 e. The zero-order valence-electron chi connectivity index (χ0n) is 12.8. The Morgan fingerprint density at radius 2 is 2.26 bits per heavy atom. The Labute approximate surface area is 147 Å². The Kier molecular flexibility index (Phi) is 6.16. The van der Waals surface area contributed by atoms with Crippen molar-refractivity contribution in [3.05, 3.63) is 45.2 Å². The van der Waals surface area contributed by atoms with Gasteiger partial charge in [0.15, 0.2) is 0 Å². The molecule has 0 aliphatic rings. The van der Waals surface area contributed by atoms with E-state index in [1.807, 2.05) is 30.1 Å². The van der Waals surface area contributed by atoms with E-state index in [0.29, 0.717) is 17.1 Å². The highest BCUT2D eigenvalue weighted by molar-refractivity contribution is 9.10. The minimum absolute atomic E-state index is 0.152. The van der Waals surface area contributed by atoms with E-state index in [2.05, 4.69) is 27.3 Å². The van der Waals surface area contributed by atoms with Crippen LogP contribution in [0.5, 0.6) is 5.75 Å². The number of carbonyl (C=O) groups is 1. The Balaban J connectivity index is 1.97. The van der Waals surface area contributed by atoms with Crippen molar-refractivity contribution in [3.63, 3.8) is 0 Å². The van der Waals surface area contributed by atoms with Crippen LogP contribution < -0.4 is 10.1 Å². The average Bonchev–Trinajstić information content (AvgIpc) is 2.94. The van der Waals surface area contributed by atoms with Crippen LogP contribution in [0.25, 0.3) is 0 Å². The molecule has 2 aromatic rings. The summed E-state index contributed by atoms with van der Waals surface area (Å²) in [5.74, 6) is 0.630. The second-order valence-electron chi connectivity index (χ2n) is 4.95. The molecular weight excluding hydrogens is 378 g/mol. The highest BCUT2D eigenvalue weighted by atomic mass is 79.9. The number of benzene rings is 1. The molecule has 120 valence electrons. The van der Waals surface area contributed by atoms with Crippen LogP contribution in [-0.2, 0) is 11.3 Å². The number of methoxy groups -OCH3 is 1. The number of rotatable bonds is 6. The molecule has 0 aliphatic heterocycles. The Morgan fingerprint density at radius 1 is 1.48 bits per heavy atom. The molecule has 0 radical (unpaired) electrons. The minimum Gasteiger partial charge on any atom is -0.496 e. The summed E-state index contributed by atoms with van der Waals surface area (Å²) in [6.45, 7) is 0.796. The maximum atomic E-state index is 12.1. The van der Waals surface area contributed by atoms with Crippen LogP contribution in [0, 0.1) is 11.3 Å². The Morgan fingerprint density at radius 3 is 2.96 bits per heavy atom. The first-order valence-corrected chi connectivity index (χ1v) is 8.49. The van der Waals surface area contributed by atoms with Gasteiger partial charge in [-0.3, -0.25) is 9.69 Å². The van der Waals surface area contributed by atoms with Gasteiger partial charge in [0, 0.05) is 16.6 Å². The summed E-state index contributed by atoms with van der Waals surface area (Å²) < 4.78 is 6.30. The van der Waals surface area contributed by atoms with Crippen molar-refractivity contribution in [1.82, 2.24) is 4.90 Å². The average molecular weight is 394 g/mol. The van der Waals surface area contributed by atoms with Crippen molar-refractivity contribution in [1.29, 1.82) is 5.26 Å². The zero-order chi connectivity index (χ0) is 16.8. The van der Waals surface area contributed by atoms with E-state index >= 15 is 0 Å². The monoisotopic (exact) mass is 393 g/mol. The van der Waals surface area contributed by atoms with Gasteiger partial charge >= 0.3 is 0 Å². The van der Waals surface area contributed by atoms with E-state index in [1.165, 1.54) is 11.3 Å². The molecule has 0 fully saturated rings. The molecule has 23 heavy (non-hydrogen) atoms. The van der Waals surface area contributed by atoms with Gasteiger partial charge in [0.1, 0.15) is 16.8 Å². The van der Waals surface area contributed by atoms with Gasteiger partial charge in [-0.2, -0.15) is 5.26 Å². The maximum absolute atomic E-state index is 12.1. The predicted octanol–water partition coefficient (Wildman–Crippen LogP) is 3.46. The van der Waals surface area contributed by atoms with Crippen molar-refractivity contribution in [2.45, 2.75) is 6.54 Å². The molecule has 0 atom stereocenters. The third-order valence-corrected chi connectivity index (χ3v) is 4.46. The standard InChI is InChI=1S/C16H16BrN3O2S/c1-20(9-12-7-13(17)3-4-14(12)22-2)10-15(21)19-16-11(8-18)5-6-23-16/h3-7H,9-10H2,1-2H3,(H,19,21). The van der Waals surface area contributed by atoms with E-state index in [-0.39, 0.29) is 12.5 Å². The number of hydrogen-bond donors (Lipinski definition) is 1. The third-order valence-electron chi connectivity index (χ3n) is 3.13. The number of nitrogens with one attached hydrogen (secondary N) is 1. The number of carbonyl (C=O) groups excluding carboxylic acids is 1. The number of ether oxygens (including phenoxy) is 1. The molecule has 0 spiro atoms. The summed E-state index contributed by atoms with van der Waals surface area (Å²) in [4.78, 5) is 14.0. The lowest BCUT2D eigenvalue weighted by atomic mass is 10.2. The van der Waals surface area contributed by atoms with Crippen LogP contribution in [0.3, 0.4) is 0 Å². The number of halogens is 1. The van der Waals surface area contributed by atoms with Crippen LogP contribution in [0.2, 0.25) is 0 Å². The Hall–Kier alpha value is -1.88. The summed E-state index contributed by atoms with van der Waals surface area (Å²) in [7, 11) is 3.49. The molecule has 7 heteroatoms. The van der Waals surface area contributed by atoms with E-state index in [9.17, 15) is 4.79 Å².